The van der Waals surface area contributed by atoms with Crippen LogP contribution < -0.4 is 15.0 Å². The molecule has 0 aliphatic carbocycles. The lowest BCUT2D eigenvalue weighted by atomic mass is 9.92. The van der Waals surface area contributed by atoms with Gasteiger partial charge in [0.25, 0.3) is 0 Å². The average molecular weight is 528 g/mol. The van der Waals surface area contributed by atoms with Gasteiger partial charge in [-0.2, -0.15) is 5.10 Å². The van der Waals surface area contributed by atoms with Gasteiger partial charge in [0.05, 0.1) is 31.0 Å². The monoisotopic (exact) mass is 527 g/mol. The number of aromatic nitrogens is 3. The Bertz CT molecular complexity index is 1460. The van der Waals surface area contributed by atoms with Crippen molar-refractivity contribution >= 4 is 27.4 Å². The highest BCUT2D eigenvalue weighted by Gasteiger charge is 2.23. The minimum Gasteiger partial charge on any atom is -0.474 e. The second-order valence-electron chi connectivity index (χ2n) is 11.2. The Hall–Kier alpha value is -3.20. The van der Waals surface area contributed by atoms with E-state index in [4.69, 9.17) is 24.3 Å². The molecule has 3 aliphatic heterocycles. The third-order valence-electron chi connectivity index (χ3n) is 8.50. The number of morpholine rings is 1. The molecule has 39 heavy (non-hydrogen) atoms. The molecule has 2 atom stereocenters. The molecule has 2 N–H and O–H groups in total. The minimum absolute atomic E-state index is 0.157. The Kier molecular flexibility index (Phi) is 6.84. The average Bonchev–Trinajstić information content (AvgIpc) is 3.41. The molecule has 0 radical (unpaired) electrons. The first-order valence-electron chi connectivity index (χ1n) is 14.5. The van der Waals surface area contributed by atoms with Crippen molar-refractivity contribution in [2.75, 3.05) is 51.0 Å². The fraction of sp³-hybridized carbons (Fsp3) is 0.484. The number of nitrogens with zero attached hydrogens (tertiary/aromatic N) is 3. The number of nitrogens with one attached hydrogen (secondary N) is 2. The third-order valence-corrected chi connectivity index (χ3v) is 8.50. The largest absolute Gasteiger partial charge is 0.474 e. The topological polar surface area (TPSA) is 84.5 Å². The lowest BCUT2D eigenvalue weighted by Gasteiger charge is -2.35. The number of rotatable bonds is 5. The van der Waals surface area contributed by atoms with Crippen molar-refractivity contribution in [2.24, 2.45) is 0 Å². The van der Waals surface area contributed by atoms with Crippen LogP contribution >= 0.6 is 0 Å². The van der Waals surface area contributed by atoms with Crippen molar-refractivity contribution in [3.05, 3.63) is 48.0 Å². The number of aromatic amines is 1. The molecule has 3 aliphatic rings. The molecule has 5 heterocycles. The van der Waals surface area contributed by atoms with Gasteiger partial charge in [0.1, 0.15) is 11.8 Å². The summed E-state index contributed by atoms with van der Waals surface area (Å²) in [6, 6.07) is 15.8. The van der Waals surface area contributed by atoms with Gasteiger partial charge in [-0.25, -0.2) is 4.98 Å². The van der Waals surface area contributed by atoms with Gasteiger partial charge in [0.2, 0.25) is 5.88 Å². The highest BCUT2D eigenvalue weighted by molar-refractivity contribution is 5.97. The molecule has 0 bridgehead atoms. The third kappa shape index (κ3) is 4.97. The van der Waals surface area contributed by atoms with E-state index in [1.54, 1.807) is 0 Å². The molecule has 4 aromatic rings. The van der Waals surface area contributed by atoms with E-state index in [2.05, 4.69) is 64.7 Å². The van der Waals surface area contributed by atoms with E-state index in [1.165, 1.54) is 11.3 Å². The first kappa shape index (κ1) is 24.8. The van der Waals surface area contributed by atoms with E-state index in [0.717, 1.165) is 105 Å². The molecular weight excluding hydrogens is 490 g/mol. The zero-order chi connectivity index (χ0) is 26.2. The second kappa shape index (κ2) is 10.8. The fourth-order valence-corrected chi connectivity index (χ4v) is 6.27. The van der Waals surface area contributed by atoms with Crippen molar-refractivity contribution in [1.82, 2.24) is 20.5 Å². The van der Waals surface area contributed by atoms with Crippen molar-refractivity contribution in [3.63, 3.8) is 0 Å². The molecule has 1 unspecified atom stereocenters. The van der Waals surface area contributed by atoms with Crippen LogP contribution in [0.2, 0.25) is 0 Å². The summed E-state index contributed by atoms with van der Waals surface area (Å²) >= 11 is 0. The zero-order valence-corrected chi connectivity index (χ0v) is 22.6. The first-order valence-corrected chi connectivity index (χ1v) is 14.5. The number of hydrogen-bond donors (Lipinski definition) is 2. The predicted molar refractivity (Wildman–Crippen MR) is 154 cm³/mol. The lowest BCUT2D eigenvalue weighted by Crippen LogP contribution is -2.43. The van der Waals surface area contributed by atoms with E-state index in [-0.39, 0.29) is 6.10 Å². The second-order valence-corrected chi connectivity index (χ2v) is 11.2. The van der Waals surface area contributed by atoms with Crippen molar-refractivity contribution in [3.8, 4) is 17.3 Å². The summed E-state index contributed by atoms with van der Waals surface area (Å²) in [4.78, 5) is 7.53. The molecular formula is C31H37N5O3. The summed E-state index contributed by atoms with van der Waals surface area (Å²) in [5, 5.41) is 14.7. The van der Waals surface area contributed by atoms with Gasteiger partial charge >= 0.3 is 0 Å². The summed E-state index contributed by atoms with van der Waals surface area (Å²) in [5.74, 6) is 1.12. The van der Waals surface area contributed by atoms with Crippen LogP contribution in [0.4, 0.5) is 5.69 Å². The van der Waals surface area contributed by atoms with Crippen LogP contribution in [0.25, 0.3) is 33.1 Å². The summed E-state index contributed by atoms with van der Waals surface area (Å²) in [5.41, 5.74) is 5.23. The maximum absolute atomic E-state index is 6.61. The van der Waals surface area contributed by atoms with E-state index in [0.29, 0.717) is 17.8 Å². The normalized spacial score (nSPS) is 22.9. The number of ether oxygens (including phenoxy) is 3. The summed E-state index contributed by atoms with van der Waals surface area (Å²) in [6.45, 7) is 8.20. The van der Waals surface area contributed by atoms with Crippen LogP contribution in [-0.2, 0) is 9.47 Å². The molecule has 8 nitrogen and oxygen atoms in total. The number of H-pyrrole nitrogens is 1. The van der Waals surface area contributed by atoms with Crippen LogP contribution in [0.1, 0.15) is 44.1 Å². The molecule has 0 spiro atoms. The highest BCUT2D eigenvalue weighted by atomic mass is 16.5. The SMILES string of the molecule is C[C@@H]1COCCN1c1ccc2c(OC3CCNCC3)nc(-c3n[nH]c4ccc(C5CCCOC5)cc34)cc2c1. The fourth-order valence-electron chi connectivity index (χ4n) is 6.27. The Morgan fingerprint density at radius 3 is 2.69 bits per heavy atom. The minimum atomic E-state index is 0.157. The van der Waals surface area contributed by atoms with Crippen molar-refractivity contribution in [2.45, 2.75) is 50.7 Å². The molecule has 0 saturated carbocycles. The van der Waals surface area contributed by atoms with Crippen LogP contribution in [0, 0.1) is 0 Å². The van der Waals surface area contributed by atoms with Crippen LogP contribution in [0.3, 0.4) is 0 Å². The smallest absolute Gasteiger partial charge is 0.222 e. The van der Waals surface area contributed by atoms with Crippen LogP contribution in [0.5, 0.6) is 5.88 Å². The van der Waals surface area contributed by atoms with E-state index < -0.39 is 0 Å². The standard InChI is InChI=1S/C31H37N5O3/c1-20-18-38-14-12-36(20)24-5-6-26-23(15-24)17-29(33-31(26)39-25-8-10-32-11-9-25)30-27-16-21(4-7-28(27)34-35-30)22-3-2-13-37-19-22/h4-7,15-17,20,22,25,32H,2-3,8-14,18-19H2,1H3,(H,34,35)/t20-,22?/m1/s1. The summed E-state index contributed by atoms with van der Waals surface area (Å²) in [6.07, 6.45) is 4.38. The number of pyridine rings is 1. The lowest BCUT2D eigenvalue weighted by molar-refractivity contribution is 0.0805. The van der Waals surface area contributed by atoms with Crippen LogP contribution in [-0.4, -0.2) is 73.4 Å². The van der Waals surface area contributed by atoms with Gasteiger partial charge < -0.3 is 24.4 Å². The Labute approximate surface area is 229 Å². The number of hydrogen-bond acceptors (Lipinski definition) is 7. The number of piperidine rings is 1. The maximum Gasteiger partial charge on any atom is 0.222 e. The first-order chi connectivity index (χ1) is 19.2. The van der Waals surface area contributed by atoms with Gasteiger partial charge in [-0.15, -0.1) is 0 Å². The molecule has 204 valence electrons. The quantitative estimate of drug-likeness (QED) is 0.377. The number of anilines is 1. The van der Waals surface area contributed by atoms with Crippen molar-refractivity contribution < 1.29 is 14.2 Å². The van der Waals surface area contributed by atoms with Gasteiger partial charge in [0.15, 0.2) is 0 Å². The highest BCUT2D eigenvalue weighted by Crippen LogP contribution is 2.36. The van der Waals surface area contributed by atoms with Gasteiger partial charge in [-0.05, 0) is 93.0 Å². The molecule has 8 heteroatoms. The number of fused-ring (bicyclic) bond motifs is 2. The molecule has 7 rings (SSSR count). The van der Waals surface area contributed by atoms with E-state index in [9.17, 15) is 0 Å². The summed E-state index contributed by atoms with van der Waals surface area (Å²) in [7, 11) is 0. The zero-order valence-electron chi connectivity index (χ0n) is 22.6. The van der Waals surface area contributed by atoms with E-state index >= 15 is 0 Å². The Morgan fingerprint density at radius 1 is 0.949 bits per heavy atom. The molecule has 0 amide bonds. The van der Waals surface area contributed by atoms with Crippen LogP contribution in [0.15, 0.2) is 42.5 Å². The number of benzene rings is 2. The molecule has 2 aromatic heterocycles. The Balaban J connectivity index is 1.32. The van der Waals surface area contributed by atoms with E-state index in [1.807, 2.05) is 0 Å². The van der Waals surface area contributed by atoms with Gasteiger partial charge in [0, 0.05) is 41.6 Å². The maximum atomic E-state index is 6.61. The summed E-state index contributed by atoms with van der Waals surface area (Å²) < 4.78 is 18.1. The predicted octanol–water partition coefficient (Wildman–Crippen LogP) is 5.03. The Morgan fingerprint density at radius 2 is 1.85 bits per heavy atom. The van der Waals surface area contributed by atoms with Gasteiger partial charge in [-0.3, -0.25) is 5.10 Å². The van der Waals surface area contributed by atoms with Crippen molar-refractivity contribution in [1.29, 1.82) is 0 Å². The van der Waals surface area contributed by atoms with Gasteiger partial charge in [-0.1, -0.05) is 6.07 Å². The molecule has 3 fully saturated rings. The molecule has 2 aromatic carbocycles. The molecule has 3 saturated heterocycles.